The van der Waals surface area contributed by atoms with Crippen LogP contribution in [-0.2, 0) is 10.0 Å². The Hall–Kier alpha value is -2.41. The minimum Gasteiger partial charge on any atom is -0.280 e. The summed E-state index contributed by atoms with van der Waals surface area (Å²) in [5.74, 6) is 0. The van der Waals surface area contributed by atoms with Crippen LogP contribution in [0.4, 0.5) is 11.4 Å². The molecule has 0 unspecified atom stereocenters. The van der Waals surface area contributed by atoms with E-state index in [1.54, 1.807) is 24.3 Å². The standard InChI is InChI=1S/C13H11N2O4S/c1-10-5-7-11(8-6-10)14-20(18,19)13-4-2-3-12(9-13)15(16)17/h2-9,14H,1H2. The Bertz CT molecular complexity index is 739. The Morgan fingerprint density at radius 2 is 1.75 bits per heavy atom. The number of anilines is 1. The zero-order chi connectivity index (χ0) is 14.8. The van der Waals surface area contributed by atoms with E-state index in [1.165, 1.54) is 18.2 Å². The Labute approximate surface area is 116 Å². The van der Waals surface area contributed by atoms with E-state index in [9.17, 15) is 18.5 Å². The molecule has 20 heavy (non-hydrogen) atoms. The van der Waals surface area contributed by atoms with E-state index >= 15 is 0 Å². The zero-order valence-electron chi connectivity index (χ0n) is 10.3. The highest BCUT2D eigenvalue weighted by molar-refractivity contribution is 7.92. The average Bonchev–Trinajstić information content (AvgIpc) is 2.41. The van der Waals surface area contributed by atoms with Gasteiger partial charge in [-0.15, -0.1) is 0 Å². The van der Waals surface area contributed by atoms with Crippen molar-refractivity contribution >= 4 is 21.4 Å². The largest absolute Gasteiger partial charge is 0.280 e. The first-order valence-corrected chi connectivity index (χ1v) is 7.06. The van der Waals surface area contributed by atoms with Crippen molar-refractivity contribution in [1.29, 1.82) is 0 Å². The highest BCUT2D eigenvalue weighted by atomic mass is 32.2. The molecule has 0 aliphatic carbocycles. The summed E-state index contributed by atoms with van der Waals surface area (Å²) in [5.41, 5.74) is 0.841. The summed E-state index contributed by atoms with van der Waals surface area (Å²) in [7, 11) is -3.86. The minimum atomic E-state index is -3.86. The first-order chi connectivity index (χ1) is 9.38. The van der Waals surface area contributed by atoms with Gasteiger partial charge in [-0.2, -0.15) is 0 Å². The van der Waals surface area contributed by atoms with Gasteiger partial charge >= 0.3 is 0 Å². The zero-order valence-corrected chi connectivity index (χ0v) is 11.1. The molecule has 7 heteroatoms. The number of benzene rings is 2. The molecule has 2 aromatic rings. The van der Waals surface area contributed by atoms with E-state index in [2.05, 4.69) is 11.6 Å². The molecule has 0 heterocycles. The summed E-state index contributed by atoms with van der Waals surface area (Å²) >= 11 is 0. The molecule has 103 valence electrons. The summed E-state index contributed by atoms with van der Waals surface area (Å²) in [6, 6.07) is 11.3. The van der Waals surface area contributed by atoms with Gasteiger partial charge in [-0.1, -0.05) is 18.2 Å². The van der Waals surface area contributed by atoms with Crippen molar-refractivity contribution in [1.82, 2.24) is 0 Å². The van der Waals surface area contributed by atoms with Crippen molar-refractivity contribution in [2.45, 2.75) is 4.90 Å². The number of nitro groups is 1. The molecule has 6 nitrogen and oxygen atoms in total. The van der Waals surface area contributed by atoms with Crippen LogP contribution in [0.2, 0.25) is 0 Å². The second-order valence-corrected chi connectivity index (χ2v) is 5.74. The highest BCUT2D eigenvalue weighted by Gasteiger charge is 2.17. The predicted octanol–water partition coefficient (Wildman–Crippen LogP) is 2.58. The summed E-state index contributed by atoms with van der Waals surface area (Å²) in [6.45, 7) is 3.70. The Balaban J connectivity index is 2.33. The van der Waals surface area contributed by atoms with Crippen molar-refractivity contribution in [3.63, 3.8) is 0 Å². The van der Waals surface area contributed by atoms with Crippen LogP contribution in [0.3, 0.4) is 0 Å². The Morgan fingerprint density at radius 3 is 2.35 bits per heavy atom. The van der Waals surface area contributed by atoms with Crippen molar-refractivity contribution in [3.8, 4) is 0 Å². The smallest absolute Gasteiger partial charge is 0.270 e. The lowest BCUT2D eigenvalue weighted by molar-refractivity contribution is -0.385. The molecule has 0 saturated carbocycles. The van der Waals surface area contributed by atoms with Gasteiger partial charge in [-0.25, -0.2) is 8.42 Å². The molecule has 0 aromatic heterocycles. The fourth-order valence-corrected chi connectivity index (χ4v) is 2.65. The molecular formula is C13H11N2O4S. The number of nitrogens with zero attached hydrogens (tertiary/aromatic N) is 1. The molecule has 2 rings (SSSR count). The number of hydrogen-bond donors (Lipinski definition) is 1. The number of non-ortho nitro benzene ring substituents is 1. The van der Waals surface area contributed by atoms with Gasteiger partial charge in [0.05, 0.1) is 9.82 Å². The lowest BCUT2D eigenvalue weighted by Gasteiger charge is -2.08. The topological polar surface area (TPSA) is 89.3 Å². The quantitative estimate of drug-likeness (QED) is 0.692. The predicted molar refractivity (Wildman–Crippen MR) is 74.8 cm³/mol. The number of rotatable bonds is 4. The van der Waals surface area contributed by atoms with Gasteiger partial charge in [0, 0.05) is 17.8 Å². The maximum absolute atomic E-state index is 12.1. The van der Waals surface area contributed by atoms with Gasteiger partial charge < -0.3 is 0 Å². The molecule has 0 fully saturated rings. The van der Waals surface area contributed by atoms with Gasteiger partial charge in [0.2, 0.25) is 0 Å². The third-order valence-corrected chi connectivity index (χ3v) is 3.92. The fourth-order valence-electron chi connectivity index (χ4n) is 1.55. The maximum atomic E-state index is 12.1. The molecule has 0 spiro atoms. The van der Waals surface area contributed by atoms with Crippen LogP contribution >= 0.6 is 0 Å². The van der Waals surface area contributed by atoms with E-state index in [-0.39, 0.29) is 10.6 Å². The van der Waals surface area contributed by atoms with Gasteiger partial charge in [0.25, 0.3) is 15.7 Å². The fraction of sp³-hybridized carbons (Fsp3) is 0. The van der Waals surface area contributed by atoms with Crippen LogP contribution < -0.4 is 4.72 Å². The van der Waals surface area contributed by atoms with Gasteiger partial charge in [-0.05, 0) is 30.7 Å². The number of nitrogens with one attached hydrogen (secondary N) is 1. The van der Waals surface area contributed by atoms with E-state index in [0.29, 0.717) is 5.69 Å². The molecule has 2 aromatic carbocycles. The third kappa shape index (κ3) is 3.12. The third-order valence-electron chi connectivity index (χ3n) is 2.54. The summed E-state index contributed by atoms with van der Waals surface area (Å²) in [5, 5.41) is 10.7. The molecule has 1 N–H and O–H groups in total. The van der Waals surface area contributed by atoms with Crippen LogP contribution in [0.15, 0.2) is 53.4 Å². The lowest BCUT2D eigenvalue weighted by Crippen LogP contribution is -2.13. The number of sulfonamides is 1. The SMILES string of the molecule is [CH2]c1ccc(NS(=O)(=O)c2cccc([N+](=O)[O-])c2)cc1. The Kier molecular flexibility index (Phi) is 3.71. The summed E-state index contributed by atoms with van der Waals surface area (Å²) in [4.78, 5) is 9.86. The van der Waals surface area contributed by atoms with Crippen molar-refractivity contribution in [2.75, 3.05) is 4.72 Å². The first kappa shape index (κ1) is 14.0. The van der Waals surface area contributed by atoms with Crippen LogP contribution in [0.1, 0.15) is 5.56 Å². The van der Waals surface area contributed by atoms with Crippen molar-refractivity contribution < 1.29 is 13.3 Å². The monoisotopic (exact) mass is 291 g/mol. The second kappa shape index (κ2) is 5.30. The van der Waals surface area contributed by atoms with Crippen LogP contribution in [0.5, 0.6) is 0 Å². The van der Waals surface area contributed by atoms with Crippen LogP contribution in [0, 0.1) is 17.0 Å². The molecule has 0 atom stereocenters. The van der Waals surface area contributed by atoms with E-state index < -0.39 is 14.9 Å². The first-order valence-electron chi connectivity index (χ1n) is 5.58. The van der Waals surface area contributed by atoms with E-state index in [0.717, 1.165) is 11.6 Å². The van der Waals surface area contributed by atoms with Crippen LogP contribution in [-0.4, -0.2) is 13.3 Å². The van der Waals surface area contributed by atoms with E-state index in [4.69, 9.17) is 0 Å². The molecular weight excluding hydrogens is 280 g/mol. The molecule has 0 bridgehead atoms. The molecule has 1 radical (unpaired) electrons. The van der Waals surface area contributed by atoms with Gasteiger partial charge in [-0.3, -0.25) is 14.8 Å². The molecule has 0 aliphatic heterocycles. The number of hydrogen-bond acceptors (Lipinski definition) is 4. The normalized spacial score (nSPS) is 11.1. The molecule has 0 aliphatic rings. The average molecular weight is 291 g/mol. The van der Waals surface area contributed by atoms with Gasteiger partial charge in [0.15, 0.2) is 0 Å². The highest BCUT2D eigenvalue weighted by Crippen LogP contribution is 2.20. The maximum Gasteiger partial charge on any atom is 0.270 e. The molecule has 0 amide bonds. The lowest BCUT2D eigenvalue weighted by atomic mass is 10.2. The van der Waals surface area contributed by atoms with Gasteiger partial charge in [0.1, 0.15) is 0 Å². The van der Waals surface area contributed by atoms with Crippen molar-refractivity contribution in [3.05, 3.63) is 71.1 Å². The summed E-state index contributed by atoms with van der Waals surface area (Å²) < 4.78 is 26.6. The Morgan fingerprint density at radius 1 is 1.10 bits per heavy atom. The molecule has 0 saturated heterocycles. The number of nitro benzene ring substituents is 1. The van der Waals surface area contributed by atoms with Crippen molar-refractivity contribution in [2.24, 2.45) is 0 Å². The summed E-state index contributed by atoms with van der Waals surface area (Å²) in [6.07, 6.45) is 0. The minimum absolute atomic E-state index is 0.162. The van der Waals surface area contributed by atoms with Crippen LogP contribution in [0.25, 0.3) is 0 Å². The second-order valence-electron chi connectivity index (χ2n) is 4.06. The van der Waals surface area contributed by atoms with E-state index in [1.807, 2.05) is 0 Å².